The maximum absolute atomic E-state index is 5.01. The Morgan fingerprint density at radius 3 is 1.18 bits per heavy atom. The standard InChI is InChI=1S/C8H17NO.C7H15NO.C7H16O.C5H11NO.C5H10O.C4H10O.4CH4/c1-10-8-7-9-5-3-2-4-6-9;1-9-7-6-8-4-2-3-5-8;1-7(2)5-4-6-8-3;1-6-3-5(4-6)7-2;1-6-5-3-2-4-5;1-3-4-5-2;;;;/h2-8H2,1H3;2-7H2,1H3;7H,4-6H2,1-3H3;5H,3-4H2,1-2H3;5H,2-4H2,1H3;3-4H2,1-2H3;4*1H4. The van der Waals surface area contributed by atoms with E-state index in [-0.39, 0.29) is 29.7 Å². The zero-order chi connectivity index (χ0) is 34.0. The Kier molecular flexibility index (Phi) is 59.0. The Morgan fingerprint density at radius 2 is 0.959 bits per heavy atom. The molecule has 0 bridgehead atoms. The molecule has 0 aromatic carbocycles. The zero-order valence-electron chi connectivity index (χ0n) is 31.8. The van der Waals surface area contributed by atoms with Gasteiger partial charge in [-0.1, -0.05) is 56.9 Å². The molecule has 3 saturated heterocycles. The van der Waals surface area contributed by atoms with Crippen molar-refractivity contribution in [2.75, 3.05) is 128 Å². The highest BCUT2D eigenvalue weighted by molar-refractivity contribution is 4.76. The van der Waals surface area contributed by atoms with Crippen molar-refractivity contribution in [2.24, 2.45) is 5.92 Å². The summed E-state index contributed by atoms with van der Waals surface area (Å²) in [7, 11) is 12.6. The number of hydrogen-bond acceptors (Lipinski definition) is 9. The molecule has 0 N–H and O–H groups in total. The lowest BCUT2D eigenvalue weighted by Crippen LogP contribution is -2.48. The van der Waals surface area contributed by atoms with E-state index in [2.05, 4.69) is 42.5 Å². The van der Waals surface area contributed by atoms with Gasteiger partial charge in [0.05, 0.1) is 25.4 Å². The van der Waals surface area contributed by atoms with Crippen molar-refractivity contribution in [3.8, 4) is 0 Å². The minimum absolute atomic E-state index is 0. The van der Waals surface area contributed by atoms with Gasteiger partial charge in [-0.2, -0.15) is 0 Å². The number of likely N-dealkylation sites (tertiary alicyclic amines) is 3. The van der Waals surface area contributed by atoms with Gasteiger partial charge in [0.1, 0.15) is 0 Å². The average molecular weight is 714 g/mol. The summed E-state index contributed by atoms with van der Waals surface area (Å²) in [6, 6.07) is 0. The first kappa shape index (κ1) is 60.7. The summed E-state index contributed by atoms with van der Waals surface area (Å²) in [5, 5.41) is 0. The Labute approximate surface area is 310 Å². The minimum Gasteiger partial charge on any atom is -0.385 e. The number of methoxy groups -OCH3 is 6. The molecule has 49 heavy (non-hydrogen) atoms. The quantitative estimate of drug-likeness (QED) is 0.165. The lowest BCUT2D eigenvalue weighted by Gasteiger charge is -2.34. The molecule has 0 aromatic heterocycles. The van der Waals surface area contributed by atoms with E-state index in [4.69, 9.17) is 28.4 Å². The Bertz CT molecular complexity index is 535. The zero-order valence-corrected chi connectivity index (χ0v) is 31.8. The lowest BCUT2D eigenvalue weighted by atomic mass is 9.96. The Hall–Kier alpha value is -0.360. The fourth-order valence-corrected chi connectivity index (χ4v) is 4.87. The maximum Gasteiger partial charge on any atom is 0.0824 e. The van der Waals surface area contributed by atoms with Crippen LogP contribution < -0.4 is 0 Å². The first-order valence-electron chi connectivity index (χ1n) is 18.0. The topological polar surface area (TPSA) is 65.1 Å². The van der Waals surface area contributed by atoms with E-state index in [1.165, 1.54) is 90.4 Å². The highest BCUT2D eigenvalue weighted by Crippen LogP contribution is 2.20. The van der Waals surface area contributed by atoms with E-state index in [1.54, 1.807) is 42.7 Å². The van der Waals surface area contributed by atoms with Gasteiger partial charge < -0.3 is 43.1 Å². The molecule has 4 fully saturated rings. The van der Waals surface area contributed by atoms with Gasteiger partial charge in [-0.3, -0.25) is 0 Å². The van der Waals surface area contributed by atoms with Gasteiger partial charge in [0, 0.05) is 82.1 Å². The maximum atomic E-state index is 5.01. The van der Waals surface area contributed by atoms with Crippen LogP contribution in [0.1, 0.15) is 121 Å². The van der Waals surface area contributed by atoms with Crippen LogP contribution in [0.2, 0.25) is 0 Å². The van der Waals surface area contributed by atoms with Crippen molar-refractivity contribution in [3.63, 3.8) is 0 Å². The van der Waals surface area contributed by atoms with E-state index in [9.17, 15) is 0 Å². The Balaban J connectivity index is -0.000000113. The second-order valence-corrected chi connectivity index (χ2v) is 12.8. The van der Waals surface area contributed by atoms with Crippen LogP contribution in [0.15, 0.2) is 0 Å². The molecular weight excluding hydrogens is 618 g/mol. The predicted octanol–water partition coefficient (Wildman–Crippen LogP) is 8.64. The van der Waals surface area contributed by atoms with Crippen LogP contribution in [0.5, 0.6) is 0 Å². The molecule has 0 atom stereocenters. The molecule has 0 aromatic rings. The van der Waals surface area contributed by atoms with E-state index in [0.29, 0.717) is 12.2 Å². The van der Waals surface area contributed by atoms with E-state index >= 15 is 0 Å². The molecule has 9 nitrogen and oxygen atoms in total. The molecule has 0 radical (unpaired) electrons. The average Bonchev–Trinajstić information content (AvgIpc) is 3.53. The summed E-state index contributed by atoms with van der Waals surface area (Å²) >= 11 is 0. The molecule has 9 heteroatoms. The van der Waals surface area contributed by atoms with Gasteiger partial charge in [0.2, 0.25) is 0 Å². The van der Waals surface area contributed by atoms with Crippen LogP contribution >= 0.6 is 0 Å². The fourth-order valence-electron chi connectivity index (χ4n) is 4.87. The monoisotopic (exact) mass is 714 g/mol. The van der Waals surface area contributed by atoms with Gasteiger partial charge in [0.25, 0.3) is 0 Å². The van der Waals surface area contributed by atoms with Gasteiger partial charge in [0.15, 0.2) is 0 Å². The summed E-state index contributed by atoms with van der Waals surface area (Å²) in [6.45, 7) is 19.7. The van der Waals surface area contributed by atoms with Crippen molar-refractivity contribution < 1.29 is 28.4 Å². The van der Waals surface area contributed by atoms with Gasteiger partial charge in [-0.15, -0.1) is 0 Å². The van der Waals surface area contributed by atoms with Gasteiger partial charge >= 0.3 is 0 Å². The highest BCUT2D eigenvalue weighted by atomic mass is 16.5. The number of likely N-dealkylation sites (N-methyl/N-ethyl adjacent to an activating group) is 1. The van der Waals surface area contributed by atoms with E-state index < -0.39 is 0 Å². The third-order valence-corrected chi connectivity index (χ3v) is 8.16. The van der Waals surface area contributed by atoms with Crippen molar-refractivity contribution in [3.05, 3.63) is 0 Å². The van der Waals surface area contributed by atoms with Gasteiger partial charge in [-0.05, 0) is 103 Å². The second-order valence-electron chi connectivity index (χ2n) is 12.8. The molecule has 0 spiro atoms. The molecule has 1 saturated carbocycles. The lowest BCUT2D eigenvalue weighted by molar-refractivity contribution is -0.0155. The smallest absolute Gasteiger partial charge is 0.0824 e. The molecule has 4 aliphatic rings. The summed E-state index contributed by atoms with van der Waals surface area (Å²) in [6.07, 6.45) is 15.6. The number of hydrogen-bond donors (Lipinski definition) is 0. The molecular formula is C40H95N3O6. The van der Waals surface area contributed by atoms with Crippen molar-refractivity contribution in [1.82, 2.24) is 14.7 Å². The predicted molar refractivity (Wildman–Crippen MR) is 218 cm³/mol. The third kappa shape index (κ3) is 43.7. The van der Waals surface area contributed by atoms with Crippen LogP contribution in [0, 0.1) is 5.92 Å². The fraction of sp³-hybridized carbons (Fsp3) is 1.00. The number of rotatable bonds is 14. The first-order chi connectivity index (χ1) is 21.8. The summed E-state index contributed by atoms with van der Waals surface area (Å²) < 4.78 is 29.5. The van der Waals surface area contributed by atoms with Crippen LogP contribution in [-0.4, -0.2) is 155 Å². The molecule has 4 rings (SSSR count). The van der Waals surface area contributed by atoms with Crippen molar-refractivity contribution in [2.45, 2.75) is 133 Å². The second kappa shape index (κ2) is 47.6. The summed E-state index contributed by atoms with van der Waals surface area (Å²) in [5.74, 6) is 0.824. The van der Waals surface area contributed by atoms with Gasteiger partial charge in [-0.25, -0.2) is 0 Å². The normalized spacial score (nSPS) is 17.2. The molecule has 0 amide bonds. The van der Waals surface area contributed by atoms with Crippen LogP contribution in [0.4, 0.5) is 0 Å². The first-order valence-corrected chi connectivity index (χ1v) is 18.0. The molecule has 3 aliphatic heterocycles. The van der Waals surface area contributed by atoms with Crippen molar-refractivity contribution in [1.29, 1.82) is 0 Å². The minimum atomic E-state index is 0. The largest absolute Gasteiger partial charge is 0.385 e. The SMILES string of the molecule is C.C.C.C.CCCOC.COC1CCC1.COC1CN(C)C1.COCCCC(C)C.COCCN1CCCC1.COCCN1CCCCC1. The number of piperidine rings is 1. The van der Waals surface area contributed by atoms with E-state index in [1.807, 2.05) is 0 Å². The van der Waals surface area contributed by atoms with E-state index in [0.717, 1.165) is 64.9 Å². The summed E-state index contributed by atoms with van der Waals surface area (Å²) in [4.78, 5) is 7.16. The van der Waals surface area contributed by atoms with Crippen molar-refractivity contribution >= 4 is 0 Å². The number of nitrogens with zero attached hydrogens (tertiary/aromatic N) is 3. The van der Waals surface area contributed by atoms with Crippen LogP contribution in [-0.2, 0) is 28.4 Å². The van der Waals surface area contributed by atoms with Crippen LogP contribution in [0.3, 0.4) is 0 Å². The Morgan fingerprint density at radius 1 is 0.551 bits per heavy atom. The highest BCUT2D eigenvalue weighted by Gasteiger charge is 2.21. The molecule has 0 unspecified atom stereocenters. The molecule has 306 valence electrons. The molecule has 1 aliphatic carbocycles. The molecule has 3 heterocycles. The number of ether oxygens (including phenoxy) is 6. The third-order valence-electron chi connectivity index (χ3n) is 8.16. The summed E-state index contributed by atoms with van der Waals surface area (Å²) in [5.41, 5.74) is 0. The van der Waals surface area contributed by atoms with Crippen LogP contribution in [0.25, 0.3) is 0 Å².